The number of nitrogens with zero attached hydrogens (tertiary/aromatic N) is 4. The second-order valence-electron chi connectivity index (χ2n) is 17.3. The molecule has 1 saturated carbocycles. The molecular formula is C53H57FN4O11. The Morgan fingerprint density at radius 1 is 0.870 bits per heavy atom. The average molecular weight is 945 g/mol. The van der Waals surface area contributed by atoms with Crippen LogP contribution < -0.4 is 9.47 Å². The minimum absolute atomic E-state index is 0.0122. The van der Waals surface area contributed by atoms with E-state index in [1.54, 1.807) is 59.5 Å². The summed E-state index contributed by atoms with van der Waals surface area (Å²) >= 11 is 0. The van der Waals surface area contributed by atoms with E-state index in [1.807, 2.05) is 18.2 Å². The molecule has 0 radical (unpaired) electrons. The van der Waals surface area contributed by atoms with Crippen molar-refractivity contribution in [1.82, 2.24) is 4.90 Å². The molecule has 2 N–H and O–H groups in total. The Morgan fingerprint density at radius 2 is 1.52 bits per heavy atom. The van der Waals surface area contributed by atoms with Crippen LogP contribution in [0.2, 0.25) is 0 Å². The van der Waals surface area contributed by atoms with E-state index in [0.29, 0.717) is 59.6 Å². The third-order valence-corrected chi connectivity index (χ3v) is 13.0. The molecule has 1 amide bonds. The highest BCUT2D eigenvalue weighted by atomic mass is 19.1. The number of rotatable bonds is 24. The lowest BCUT2D eigenvalue weighted by molar-refractivity contribution is -0.385. The summed E-state index contributed by atoms with van der Waals surface area (Å²) in [5.74, 6) is -2.58. The Kier molecular flexibility index (Phi) is 16.9. The monoisotopic (exact) mass is 944 g/mol. The number of carbonyl (C=O) groups is 1. The molecule has 3 aliphatic rings. The van der Waals surface area contributed by atoms with Crippen LogP contribution in [-0.2, 0) is 27.5 Å². The van der Waals surface area contributed by atoms with Crippen molar-refractivity contribution >= 4 is 29.1 Å². The Bertz CT molecular complexity index is 2550. The molecule has 2 aliphatic carbocycles. The van der Waals surface area contributed by atoms with Gasteiger partial charge < -0.3 is 34.2 Å². The predicted molar refractivity (Wildman–Crippen MR) is 258 cm³/mol. The van der Waals surface area contributed by atoms with Gasteiger partial charge in [0, 0.05) is 68.0 Å². The molecule has 6 atom stereocenters. The van der Waals surface area contributed by atoms with Crippen LogP contribution in [0.15, 0.2) is 139 Å². The van der Waals surface area contributed by atoms with Crippen molar-refractivity contribution in [2.75, 3.05) is 26.4 Å². The Labute approximate surface area is 400 Å². The molecule has 15 nitrogen and oxygen atoms in total. The van der Waals surface area contributed by atoms with Gasteiger partial charge in [-0.05, 0) is 120 Å². The second-order valence-corrected chi connectivity index (χ2v) is 17.3. The Hall–Kier alpha value is -7.01. The number of hydrogen-bond acceptors (Lipinski definition) is 12. The molecule has 69 heavy (non-hydrogen) atoms. The maximum Gasteiger partial charge on any atom is 0.269 e. The summed E-state index contributed by atoms with van der Waals surface area (Å²) in [4.78, 5) is 44.8. The zero-order valence-corrected chi connectivity index (χ0v) is 38.3. The van der Waals surface area contributed by atoms with Crippen molar-refractivity contribution in [2.45, 2.75) is 75.8 Å². The molecule has 0 saturated heterocycles. The normalized spacial score (nSPS) is 21.9. The van der Waals surface area contributed by atoms with E-state index in [-0.39, 0.29) is 75.1 Å². The van der Waals surface area contributed by atoms with Crippen molar-refractivity contribution in [3.8, 4) is 11.5 Å². The largest absolute Gasteiger partial charge is 0.490 e. The van der Waals surface area contributed by atoms with E-state index >= 15 is 4.79 Å². The number of aliphatic hydroxyl groups excluding tert-OH is 2. The van der Waals surface area contributed by atoms with E-state index in [1.165, 1.54) is 42.5 Å². The van der Waals surface area contributed by atoms with Gasteiger partial charge in [-0.2, -0.15) is 0 Å². The molecule has 1 heterocycles. The first kappa shape index (κ1) is 49.9. The number of halogens is 1. The van der Waals surface area contributed by atoms with Gasteiger partial charge in [0.2, 0.25) is 11.7 Å². The molecule has 7 rings (SSSR count). The maximum absolute atomic E-state index is 15.1. The molecule has 4 aromatic carbocycles. The first-order chi connectivity index (χ1) is 33.5. The fourth-order valence-electron chi connectivity index (χ4n) is 9.89. The van der Waals surface area contributed by atoms with Crippen molar-refractivity contribution in [1.29, 1.82) is 0 Å². The van der Waals surface area contributed by atoms with E-state index in [0.717, 1.165) is 24.0 Å². The molecular weight excluding hydrogens is 888 g/mol. The molecule has 6 unspecified atom stereocenters. The lowest BCUT2D eigenvalue weighted by Gasteiger charge is -2.60. The van der Waals surface area contributed by atoms with Gasteiger partial charge in [-0.3, -0.25) is 25.0 Å². The Morgan fingerprint density at radius 3 is 2.17 bits per heavy atom. The lowest BCUT2D eigenvalue weighted by Crippen LogP contribution is -2.70. The summed E-state index contributed by atoms with van der Waals surface area (Å²) in [5, 5.41) is 47.6. The summed E-state index contributed by atoms with van der Waals surface area (Å²) in [6.07, 6.45) is 12.5. The van der Waals surface area contributed by atoms with Gasteiger partial charge in [0.15, 0.2) is 0 Å². The van der Waals surface area contributed by atoms with Crippen LogP contribution in [0.25, 0.3) is 6.08 Å². The highest BCUT2D eigenvalue weighted by molar-refractivity contribution is 6.03. The SMILES string of the molecule is C=CCOc1ccc2c(c1)C1C(CCCCO)C(CCCCO)C=C3C(=NOCc4ccc([N+](=O)[O-])cc4)CC(N(Cc4ccc(F)cc4)C(=O)C=Cc4ccc([N+](=O)[O-])cc4)C(OCC=C)(O2)C31. The van der Waals surface area contributed by atoms with Crippen molar-refractivity contribution in [3.05, 3.63) is 182 Å². The minimum Gasteiger partial charge on any atom is -0.490 e. The second kappa shape index (κ2) is 23.3. The van der Waals surface area contributed by atoms with Crippen LogP contribution in [0.1, 0.15) is 73.1 Å². The van der Waals surface area contributed by atoms with Crippen LogP contribution in [0.4, 0.5) is 15.8 Å². The van der Waals surface area contributed by atoms with Crippen LogP contribution >= 0.6 is 0 Å². The number of fused-ring (bicyclic) bond motifs is 2. The van der Waals surface area contributed by atoms with E-state index in [9.17, 15) is 34.8 Å². The molecule has 0 bridgehead atoms. The third-order valence-electron chi connectivity index (χ3n) is 13.0. The van der Waals surface area contributed by atoms with Crippen LogP contribution in [0, 0.1) is 43.8 Å². The molecule has 1 fully saturated rings. The lowest BCUT2D eigenvalue weighted by atomic mass is 9.55. The van der Waals surface area contributed by atoms with Gasteiger partial charge in [-0.15, -0.1) is 6.58 Å². The summed E-state index contributed by atoms with van der Waals surface area (Å²) in [6, 6.07) is 22.3. The molecule has 362 valence electrons. The smallest absolute Gasteiger partial charge is 0.269 e. The molecule has 0 aromatic heterocycles. The first-order valence-corrected chi connectivity index (χ1v) is 23.1. The number of nitro groups is 2. The maximum atomic E-state index is 15.1. The average Bonchev–Trinajstić information content (AvgIpc) is 3.35. The summed E-state index contributed by atoms with van der Waals surface area (Å²) in [7, 11) is 0. The zero-order chi connectivity index (χ0) is 48.9. The summed E-state index contributed by atoms with van der Waals surface area (Å²) < 4.78 is 35.0. The zero-order valence-electron chi connectivity index (χ0n) is 38.3. The molecule has 16 heteroatoms. The van der Waals surface area contributed by atoms with Gasteiger partial charge in [0.05, 0.1) is 28.1 Å². The third kappa shape index (κ3) is 11.6. The number of carbonyl (C=O) groups excluding carboxylic acids is 1. The van der Waals surface area contributed by atoms with Crippen LogP contribution in [-0.4, -0.2) is 74.8 Å². The number of benzene rings is 4. The predicted octanol–water partition coefficient (Wildman–Crippen LogP) is 9.78. The van der Waals surface area contributed by atoms with E-state index in [2.05, 4.69) is 19.2 Å². The highest BCUT2D eigenvalue weighted by Gasteiger charge is 2.65. The summed E-state index contributed by atoms with van der Waals surface area (Å²) in [6.45, 7) is 8.08. The van der Waals surface area contributed by atoms with Crippen LogP contribution in [0.3, 0.4) is 0 Å². The topological polar surface area (TPSA) is 196 Å². The molecule has 1 aliphatic heterocycles. The number of oxime groups is 1. The van der Waals surface area contributed by atoms with E-state index in [4.69, 9.17) is 24.2 Å². The standard InChI is InChI=1S/C53H57FN4O11/c1-3-29-66-43-24-25-48-46(32-43)51-44(10-6-8-28-60)39(9-5-7-27-59)31-45-47(55-68-35-38-15-22-42(23-16-38)58(64)65)33-49(53(69-48,52(45)51)67-30-4-2)56(34-37-11-18-40(54)19-12-37)50(61)26-17-36-13-20-41(21-14-36)57(62)63/h3-4,11-26,31-32,39,44,49,51-52,59-60H,1-2,5-10,27-30,33-35H2. The van der Waals surface area contributed by atoms with Crippen molar-refractivity contribution in [2.24, 2.45) is 22.9 Å². The molecule has 4 aromatic rings. The van der Waals surface area contributed by atoms with E-state index < -0.39 is 39.3 Å². The van der Waals surface area contributed by atoms with Gasteiger partial charge in [0.25, 0.3) is 11.4 Å². The number of aliphatic hydroxyl groups is 2. The quantitative estimate of drug-likeness (QED) is 0.0223. The number of unbranched alkanes of at least 4 members (excludes halogenated alkanes) is 2. The van der Waals surface area contributed by atoms with Gasteiger partial charge >= 0.3 is 0 Å². The first-order valence-electron chi connectivity index (χ1n) is 23.1. The number of amides is 1. The van der Waals surface area contributed by atoms with Crippen molar-refractivity contribution < 1.29 is 48.3 Å². The minimum atomic E-state index is -1.62. The van der Waals surface area contributed by atoms with Crippen LogP contribution in [0.5, 0.6) is 11.5 Å². The fraction of sp³-hybridized carbons (Fsp3) is 0.358. The van der Waals surface area contributed by atoms with Gasteiger partial charge in [-0.1, -0.05) is 54.9 Å². The van der Waals surface area contributed by atoms with Gasteiger partial charge in [-0.25, -0.2) is 4.39 Å². The van der Waals surface area contributed by atoms with Gasteiger partial charge in [0.1, 0.15) is 36.6 Å². The molecule has 0 spiro atoms. The number of hydrogen-bond donors (Lipinski definition) is 2. The fourth-order valence-corrected chi connectivity index (χ4v) is 9.89. The van der Waals surface area contributed by atoms with Crippen molar-refractivity contribution in [3.63, 3.8) is 0 Å². The Balaban J connectivity index is 1.45. The summed E-state index contributed by atoms with van der Waals surface area (Å²) in [5.41, 5.74) is 3.75. The number of non-ortho nitro benzene ring substituents is 2. The number of ether oxygens (including phenoxy) is 3. The number of nitro benzene ring substituents is 2. The highest BCUT2D eigenvalue weighted by Crippen LogP contribution is 2.62. The number of allylic oxidation sites excluding steroid dienone is 1.